The number of Topliss-reactive ketones (excluding diaryl/α,β-unsaturated/α-hetero) is 1. The predicted molar refractivity (Wildman–Crippen MR) is 108 cm³/mol. The maximum absolute atomic E-state index is 12.7. The number of aryl methyl sites for hydroxylation is 1. The Labute approximate surface area is 167 Å². The zero-order chi connectivity index (χ0) is 20.1. The van der Waals surface area contributed by atoms with Gasteiger partial charge in [0.15, 0.2) is 5.78 Å². The zero-order valence-corrected chi connectivity index (χ0v) is 17.4. The molecule has 1 fully saturated rings. The Morgan fingerprint density at radius 1 is 1.32 bits per heavy atom. The predicted octanol–water partition coefficient (Wildman–Crippen LogP) is 4.03. The summed E-state index contributed by atoms with van der Waals surface area (Å²) in [6, 6.07) is 5.55. The summed E-state index contributed by atoms with van der Waals surface area (Å²) in [6.07, 6.45) is 8.86. The van der Waals surface area contributed by atoms with Gasteiger partial charge in [-0.2, -0.15) is 13.6 Å². The molecule has 0 heterocycles. The van der Waals surface area contributed by atoms with E-state index in [0.29, 0.717) is 30.0 Å². The first-order valence-electron chi connectivity index (χ1n) is 10.3. The standard InChI is InChI=1S/C22H29NO4S/c1-3-4-21(24)20-10-9-19-18-7-5-14-13-15(27-28(23,25)26)6-8-16(14)17(18)11-12-22(19,20)2/h6,8,10,13,17-19H,3-5,7,9,11-12H2,1-2H3,(H2,23,25,26)/t17?,18?,19?,22-/m0/s1. The van der Waals surface area contributed by atoms with Crippen LogP contribution in [0.25, 0.3) is 0 Å². The van der Waals surface area contributed by atoms with E-state index in [-0.39, 0.29) is 11.2 Å². The fraction of sp³-hybridized carbons (Fsp3) is 0.591. The van der Waals surface area contributed by atoms with Gasteiger partial charge in [0.05, 0.1) is 0 Å². The van der Waals surface area contributed by atoms with Crippen molar-refractivity contribution in [1.29, 1.82) is 0 Å². The summed E-state index contributed by atoms with van der Waals surface area (Å²) in [5.74, 6) is 2.19. The lowest BCUT2D eigenvalue weighted by Gasteiger charge is -2.50. The van der Waals surface area contributed by atoms with Crippen LogP contribution in [0.2, 0.25) is 0 Å². The van der Waals surface area contributed by atoms with Gasteiger partial charge in [0.25, 0.3) is 0 Å². The molecule has 3 aliphatic carbocycles. The first-order valence-corrected chi connectivity index (χ1v) is 11.8. The molecular formula is C22H29NO4S. The number of nitrogens with two attached hydrogens (primary N) is 1. The van der Waals surface area contributed by atoms with Crippen molar-refractivity contribution in [2.24, 2.45) is 22.4 Å². The second-order valence-electron chi connectivity index (χ2n) is 8.84. The molecule has 0 radical (unpaired) electrons. The lowest BCUT2D eigenvalue weighted by atomic mass is 9.54. The van der Waals surface area contributed by atoms with Crippen LogP contribution in [0.4, 0.5) is 0 Å². The number of hydrogen-bond donors (Lipinski definition) is 1. The molecule has 152 valence electrons. The largest absolute Gasteiger partial charge is 0.380 e. The molecule has 28 heavy (non-hydrogen) atoms. The number of allylic oxidation sites excluding steroid dienone is 2. The molecule has 0 saturated heterocycles. The van der Waals surface area contributed by atoms with E-state index >= 15 is 0 Å². The highest BCUT2D eigenvalue weighted by atomic mass is 32.2. The summed E-state index contributed by atoms with van der Waals surface area (Å²) in [6.45, 7) is 4.37. The van der Waals surface area contributed by atoms with E-state index in [4.69, 9.17) is 9.32 Å². The lowest BCUT2D eigenvalue weighted by Crippen LogP contribution is -2.42. The van der Waals surface area contributed by atoms with Gasteiger partial charge in [-0.3, -0.25) is 4.79 Å². The Morgan fingerprint density at radius 2 is 2.11 bits per heavy atom. The van der Waals surface area contributed by atoms with Gasteiger partial charge < -0.3 is 4.18 Å². The number of benzene rings is 1. The molecule has 6 heteroatoms. The second kappa shape index (κ2) is 6.99. The Bertz CT molecular complexity index is 936. The van der Waals surface area contributed by atoms with Crippen molar-refractivity contribution in [3.8, 4) is 5.75 Å². The number of hydrogen-bond acceptors (Lipinski definition) is 4. The van der Waals surface area contributed by atoms with Crippen LogP contribution in [0.15, 0.2) is 29.8 Å². The second-order valence-corrected chi connectivity index (χ2v) is 9.99. The molecular weight excluding hydrogens is 374 g/mol. The summed E-state index contributed by atoms with van der Waals surface area (Å²) < 4.78 is 27.3. The zero-order valence-electron chi connectivity index (χ0n) is 16.6. The van der Waals surface area contributed by atoms with Crippen molar-refractivity contribution in [2.75, 3.05) is 0 Å². The number of carbonyl (C=O) groups is 1. The third-order valence-corrected chi connectivity index (χ3v) is 7.69. The van der Waals surface area contributed by atoms with Crippen molar-refractivity contribution in [2.45, 2.75) is 64.7 Å². The van der Waals surface area contributed by atoms with Gasteiger partial charge in [0, 0.05) is 6.42 Å². The van der Waals surface area contributed by atoms with Gasteiger partial charge in [-0.05, 0) is 90.5 Å². The average molecular weight is 404 g/mol. The van der Waals surface area contributed by atoms with Gasteiger partial charge in [-0.1, -0.05) is 26.0 Å². The highest BCUT2D eigenvalue weighted by Gasteiger charge is 2.52. The van der Waals surface area contributed by atoms with Crippen LogP contribution in [0.5, 0.6) is 5.75 Å². The monoisotopic (exact) mass is 403 g/mol. The summed E-state index contributed by atoms with van der Waals surface area (Å²) >= 11 is 0. The molecule has 2 N–H and O–H groups in total. The van der Waals surface area contributed by atoms with Gasteiger partial charge in [-0.15, -0.1) is 0 Å². The highest BCUT2D eigenvalue weighted by molar-refractivity contribution is 7.84. The normalized spacial score (nSPS) is 31.4. The van der Waals surface area contributed by atoms with E-state index in [0.717, 1.165) is 44.1 Å². The fourth-order valence-electron chi connectivity index (χ4n) is 6.11. The summed E-state index contributed by atoms with van der Waals surface area (Å²) in [5, 5.41) is 5.00. The SMILES string of the molecule is CCCC(=O)C1=CCC2C3CCc4cc(OS(N)(=O)=O)ccc4C3CC[C@]12C. The van der Waals surface area contributed by atoms with E-state index in [9.17, 15) is 13.2 Å². The molecule has 3 aliphatic rings. The minimum atomic E-state index is -4.00. The molecule has 0 aliphatic heterocycles. The van der Waals surface area contributed by atoms with E-state index in [1.54, 1.807) is 6.07 Å². The first-order chi connectivity index (χ1) is 13.2. The number of carbonyl (C=O) groups excluding carboxylic acids is 1. The van der Waals surface area contributed by atoms with Gasteiger partial charge in [0.2, 0.25) is 0 Å². The van der Waals surface area contributed by atoms with E-state index in [1.807, 2.05) is 12.1 Å². The fourth-order valence-corrected chi connectivity index (χ4v) is 6.48. The smallest absolute Gasteiger partial charge is 0.371 e. The van der Waals surface area contributed by atoms with Crippen molar-refractivity contribution in [3.05, 3.63) is 41.0 Å². The topological polar surface area (TPSA) is 86.5 Å². The third kappa shape index (κ3) is 3.30. The summed E-state index contributed by atoms with van der Waals surface area (Å²) in [7, 11) is -4.00. The summed E-state index contributed by atoms with van der Waals surface area (Å²) in [4.78, 5) is 12.7. The van der Waals surface area contributed by atoms with Gasteiger partial charge in [0.1, 0.15) is 5.75 Å². The van der Waals surface area contributed by atoms with Crippen molar-refractivity contribution >= 4 is 16.1 Å². The number of ketones is 1. The quantitative estimate of drug-likeness (QED) is 0.804. The van der Waals surface area contributed by atoms with Gasteiger partial charge in [-0.25, -0.2) is 0 Å². The Hall–Kier alpha value is -1.66. The molecule has 0 bridgehead atoms. The van der Waals surface area contributed by atoms with Crippen LogP contribution in [0.1, 0.15) is 69.4 Å². The molecule has 0 spiro atoms. The first kappa shape index (κ1) is 19.6. The summed E-state index contributed by atoms with van der Waals surface area (Å²) in [5.41, 5.74) is 3.58. The maximum Gasteiger partial charge on any atom is 0.380 e. The van der Waals surface area contributed by atoms with Crippen LogP contribution < -0.4 is 9.32 Å². The minimum absolute atomic E-state index is 0.0155. The lowest BCUT2D eigenvalue weighted by molar-refractivity contribution is -0.117. The van der Waals surface area contributed by atoms with E-state index in [2.05, 4.69) is 19.9 Å². The molecule has 3 unspecified atom stereocenters. The Morgan fingerprint density at radius 3 is 2.82 bits per heavy atom. The minimum Gasteiger partial charge on any atom is -0.371 e. The van der Waals surface area contributed by atoms with Crippen molar-refractivity contribution in [3.63, 3.8) is 0 Å². The van der Waals surface area contributed by atoms with Crippen LogP contribution in [-0.2, 0) is 21.5 Å². The van der Waals surface area contributed by atoms with Crippen molar-refractivity contribution in [1.82, 2.24) is 0 Å². The molecule has 1 aromatic carbocycles. The average Bonchev–Trinajstić information content (AvgIpc) is 2.97. The maximum atomic E-state index is 12.7. The molecule has 0 amide bonds. The van der Waals surface area contributed by atoms with E-state index in [1.165, 1.54) is 11.1 Å². The Balaban J connectivity index is 1.59. The molecule has 4 atom stereocenters. The molecule has 1 aromatic rings. The Kier molecular flexibility index (Phi) is 4.91. The van der Waals surface area contributed by atoms with Crippen LogP contribution in [-0.4, -0.2) is 14.2 Å². The van der Waals surface area contributed by atoms with Crippen LogP contribution >= 0.6 is 0 Å². The molecule has 1 saturated carbocycles. The third-order valence-electron chi connectivity index (χ3n) is 7.27. The van der Waals surface area contributed by atoms with Crippen molar-refractivity contribution < 1.29 is 17.4 Å². The number of rotatable bonds is 5. The molecule has 4 rings (SSSR count). The van der Waals surface area contributed by atoms with Crippen LogP contribution in [0, 0.1) is 17.3 Å². The molecule has 5 nitrogen and oxygen atoms in total. The van der Waals surface area contributed by atoms with E-state index < -0.39 is 10.3 Å². The molecule has 0 aromatic heterocycles. The highest BCUT2D eigenvalue weighted by Crippen LogP contribution is 2.61. The van der Waals surface area contributed by atoms with Gasteiger partial charge >= 0.3 is 10.3 Å². The van der Waals surface area contributed by atoms with Crippen LogP contribution in [0.3, 0.4) is 0 Å². The number of fused-ring (bicyclic) bond motifs is 5.